The fourth-order valence-electron chi connectivity index (χ4n) is 4.07. The lowest BCUT2D eigenvalue weighted by atomic mass is 9.54. The smallest absolute Gasteiger partial charge is 0.253 e. The summed E-state index contributed by atoms with van der Waals surface area (Å²) in [4.78, 5) is 27.5. The largest absolute Gasteiger partial charge is 0.378 e. The zero-order valence-electron chi connectivity index (χ0n) is 17.0. The summed E-state index contributed by atoms with van der Waals surface area (Å²) in [5.74, 6) is -0.209. The third-order valence-electron chi connectivity index (χ3n) is 6.25. The topological polar surface area (TPSA) is 84.7 Å². The Hall–Kier alpha value is -1.63. The lowest BCUT2D eigenvalue weighted by Crippen LogP contribution is -2.74. The fraction of sp³-hybridized carbons (Fsp3) is 0.619. The third kappa shape index (κ3) is 4.04. The quantitative estimate of drug-likeness (QED) is 0.781. The minimum absolute atomic E-state index is 0. The molecule has 0 aromatic heterocycles. The van der Waals surface area contributed by atoms with Crippen LogP contribution >= 0.6 is 12.4 Å². The summed E-state index contributed by atoms with van der Waals surface area (Å²) in [6.07, 6.45) is 3.75. The second kappa shape index (κ2) is 8.80. The number of hydrogen-bond acceptors (Lipinski definition) is 4. The van der Waals surface area contributed by atoms with Gasteiger partial charge in [-0.25, -0.2) is 0 Å². The first-order valence-corrected chi connectivity index (χ1v) is 9.91. The van der Waals surface area contributed by atoms with Crippen molar-refractivity contribution in [3.63, 3.8) is 0 Å². The summed E-state index contributed by atoms with van der Waals surface area (Å²) in [6.45, 7) is 8.08. The molecule has 156 valence electrons. The fourth-order valence-corrected chi connectivity index (χ4v) is 4.07. The van der Waals surface area contributed by atoms with Crippen LogP contribution in [0.25, 0.3) is 0 Å². The number of anilines is 1. The Kier molecular flexibility index (Phi) is 7.12. The third-order valence-corrected chi connectivity index (χ3v) is 6.25. The highest BCUT2D eigenvalue weighted by molar-refractivity contribution is 6.01. The van der Waals surface area contributed by atoms with Gasteiger partial charge in [0.05, 0.1) is 6.10 Å². The molecular weight excluding hydrogens is 378 g/mol. The number of halogens is 1. The molecule has 3 rings (SSSR count). The van der Waals surface area contributed by atoms with E-state index >= 15 is 0 Å². The summed E-state index contributed by atoms with van der Waals surface area (Å²) in [6, 6.07) is 7.12. The molecule has 2 atom stereocenters. The number of rotatable bonds is 5. The highest BCUT2D eigenvalue weighted by Crippen LogP contribution is 2.50. The molecular formula is C21H32ClN3O3. The van der Waals surface area contributed by atoms with Gasteiger partial charge in [-0.2, -0.15) is 0 Å². The molecule has 2 unspecified atom stereocenters. The van der Waals surface area contributed by atoms with Gasteiger partial charge < -0.3 is 20.7 Å². The van der Waals surface area contributed by atoms with Crippen molar-refractivity contribution in [2.24, 2.45) is 11.1 Å². The summed E-state index contributed by atoms with van der Waals surface area (Å²) < 4.78 is 5.70. The predicted octanol–water partition coefficient (Wildman–Crippen LogP) is 3.21. The van der Waals surface area contributed by atoms with Crippen LogP contribution in [0.15, 0.2) is 24.3 Å². The van der Waals surface area contributed by atoms with E-state index in [0.29, 0.717) is 24.3 Å². The predicted molar refractivity (Wildman–Crippen MR) is 113 cm³/mol. The van der Waals surface area contributed by atoms with E-state index in [-0.39, 0.29) is 30.3 Å². The SMILES string of the molecule is CCOC1CC(N)(C(=O)Nc2cccc(C(=O)N3CCCCC3)c2)C1(C)C.Cl. The van der Waals surface area contributed by atoms with Crippen molar-refractivity contribution >= 4 is 29.9 Å². The van der Waals surface area contributed by atoms with Crippen LogP contribution in [-0.2, 0) is 9.53 Å². The average Bonchev–Trinajstić information content (AvgIpc) is 2.68. The molecule has 0 bridgehead atoms. The molecule has 1 aromatic carbocycles. The maximum Gasteiger partial charge on any atom is 0.253 e. The Bertz CT molecular complexity index is 719. The number of hydrogen-bond donors (Lipinski definition) is 2. The first-order valence-electron chi connectivity index (χ1n) is 9.91. The van der Waals surface area contributed by atoms with E-state index in [1.54, 1.807) is 24.3 Å². The van der Waals surface area contributed by atoms with E-state index in [4.69, 9.17) is 10.5 Å². The van der Waals surface area contributed by atoms with E-state index in [2.05, 4.69) is 5.32 Å². The van der Waals surface area contributed by atoms with Crippen LogP contribution in [0.4, 0.5) is 5.69 Å². The first-order chi connectivity index (χ1) is 12.8. The number of carbonyl (C=O) groups is 2. The summed E-state index contributed by atoms with van der Waals surface area (Å²) in [5.41, 5.74) is 6.20. The Balaban J connectivity index is 0.00000280. The molecule has 2 fully saturated rings. The molecule has 2 amide bonds. The van der Waals surface area contributed by atoms with Crippen molar-refractivity contribution in [1.29, 1.82) is 0 Å². The second-order valence-electron chi connectivity index (χ2n) is 8.23. The summed E-state index contributed by atoms with van der Waals surface area (Å²) in [7, 11) is 0. The van der Waals surface area contributed by atoms with Gasteiger partial charge in [-0.3, -0.25) is 9.59 Å². The summed E-state index contributed by atoms with van der Waals surface area (Å²) >= 11 is 0. The Labute approximate surface area is 173 Å². The number of nitrogens with zero attached hydrogens (tertiary/aromatic N) is 1. The van der Waals surface area contributed by atoms with Crippen molar-refractivity contribution in [1.82, 2.24) is 4.90 Å². The molecule has 0 radical (unpaired) electrons. The zero-order valence-corrected chi connectivity index (χ0v) is 17.8. The monoisotopic (exact) mass is 409 g/mol. The number of piperidine rings is 1. The maximum atomic E-state index is 12.9. The number of ether oxygens (including phenoxy) is 1. The molecule has 28 heavy (non-hydrogen) atoms. The Morgan fingerprint density at radius 1 is 1.25 bits per heavy atom. The first kappa shape index (κ1) is 22.7. The Morgan fingerprint density at radius 2 is 1.93 bits per heavy atom. The average molecular weight is 410 g/mol. The van der Waals surface area contributed by atoms with Gasteiger partial charge in [-0.1, -0.05) is 19.9 Å². The van der Waals surface area contributed by atoms with Gasteiger partial charge in [-0.05, 0) is 44.4 Å². The molecule has 1 saturated heterocycles. The highest BCUT2D eigenvalue weighted by Gasteiger charge is 2.62. The molecule has 3 N–H and O–H groups in total. The van der Waals surface area contributed by atoms with Crippen molar-refractivity contribution in [3.05, 3.63) is 29.8 Å². The lowest BCUT2D eigenvalue weighted by molar-refractivity contribution is -0.166. The number of likely N-dealkylation sites (tertiary alicyclic amines) is 1. The lowest BCUT2D eigenvalue weighted by Gasteiger charge is -2.57. The van der Waals surface area contributed by atoms with Crippen molar-refractivity contribution < 1.29 is 14.3 Å². The van der Waals surface area contributed by atoms with Gasteiger partial charge >= 0.3 is 0 Å². The molecule has 1 aliphatic heterocycles. The number of nitrogens with one attached hydrogen (secondary N) is 1. The number of amides is 2. The molecule has 0 spiro atoms. The molecule has 6 nitrogen and oxygen atoms in total. The standard InChI is InChI=1S/C21H31N3O3.ClH/c1-4-27-17-14-21(22,20(17,2)3)19(26)23-16-10-8-9-15(13-16)18(25)24-11-6-5-7-12-24;/h8-10,13,17H,4-7,11-12,14,22H2,1-3H3,(H,23,26);1H. The number of nitrogens with two attached hydrogens (primary N) is 1. The molecule has 2 aliphatic rings. The van der Waals surface area contributed by atoms with Crippen LogP contribution in [0.5, 0.6) is 0 Å². The van der Waals surface area contributed by atoms with Gasteiger partial charge in [0.15, 0.2) is 0 Å². The summed E-state index contributed by atoms with van der Waals surface area (Å²) in [5, 5.41) is 2.91. The second-order valence-corrected chi connectivity index (χ2v) is 8.23. The molecule has 1 aromatic rings. The normalized spacial score (nSPS) is 26.0. The van der Waals surface area contributed by atoms with E-state index in [1.807, 2.05) is 25.7 Å². The minimum atomic E-state index is -0.986. The van der Waals surface area contributed by atoms with Crippen molar-refractivity contribution in [2.75, 3.05) is 25.0 Å². The number of carbonyl (C=O) groups excluding carboxylic acids is 2. The van der Waals surface area contributed by atoms with Gasteiger partial charge in [0.2, 0.25) is 5.91 Å². The van der Waals surface area contributed by atoms with Gasteiger partial charge in [-0.15, -0.1) is 12.4 Å². The van der Waals surface area contributed by atoms with Gasteiger partial charge in [0.25, 0.3) is 5.91 Å². The maximum absolute atomic E-state index is 12.9. The van der Waals surface area contributed by atoms with Gasteiger partial charge in [0.1, 0.15) is 5.54 Å². The molecule has 7 heteroatoms. The molecule has 1 aliphatic carbocycles. The van der Waals surface area contributed by atoms with E-state index in [0.717, 1.165) is 25.9 Å². The molecule has 1 heterocycles. The highest BCUT2D eigenvalue weighted by atomic mass is 35.5. The van der Waals surface area contributed by atoms with Crippen molar-refractivity contribution in [3.8, 4) is 0 Å². The van der Waals surface area contributed by atoms with Crippen LogP contribution in [0.3, 0.4) is 0 Å². The van der Waals surface area contributed by atoms with Crippen LogP contribution in [-0.4, -0.2) is 48.1 Å². The van der Waals surface area contributed by atoms with Crippen LogP contribution in [0.2, 0.25) is 0 Å². The molecule has 1 saturated carbocycles. The van der Waals surface area contributed by atoms with E-state index in [9.17, 15) is 9.59 Å². The minimum Gasteiger partial charge on any atom is -0.378 e. The van der Waals surface area contributed by atoms with Crippen molar-refractivity contribution in [2.45, 2.75) is 58.1 Å². The van der Waals surface area contributed by atoms with E-state index in [1.165, 1.54) is 6.42 Å². The van der Waals surface area contributed by atoms with Crippen LogP contribution in [0, 0.1) is 5.41 Å². The van der Waals surface area contributed by atoms with Crippen LogP contribution in [0.1, 0.15) is 56.8 Å². The van der Waals surface area contributed by atoms with Crippen LogP contribution < -0.4 is 11.1 Å². The zero-order chi connectivity index (χ0) is 19.7. The van der Waals surface area contributed by atoms with Gasteiger partial charge in [0, 0.05) is 42.8 Å². The van der Waals surface area contributed by atoms with E-state index < -0.39 is 11.0 Å². The Morgan fingerprint density at radius 3 is 2.54 bits per heavy atom. The number of benzene rings is 1.